The number of aromatic nitrogens is 3. The highest BCUT2D eigenvalue weighted by molar-refractivity contribution is 5.02. The third kappa shape index (κ3) is 3.28. The fourth-order valence-electron chi connectivity index (χ4n) is 1.74. The van der Waals surface area contributed by atoms with Gasteiger partial charge in [0.1, 0.15) is 0 Å². The molecule has 0 radical (unpaired) electrons. The van der Waals surface area contributed by atoms with Crippen LogP contribution in [-0.4, -0.2) is 35.3 Å². The van der Waals surface area contributed by atoms with Gasteiger partial charge in [-0.1, -0.05) is 12.1 Å². The van der Waals surface area contributed by atoms with Crippen LogP contribution in [0.15, 0.2) is 6.20 Å². The molecular weight excluding hydrogens is 204 g/mol. The molecule has 92 valence electrons. The second kappa shape index (κ2) is 6.60. The zero-order chi connectivity index (χ0) is 12.0. The molecule has 5 heteroatoms. The summed E-state index contributed by atoms with van der Waals surface area (Å²) in [5, 5.41) is 11.4. The molecule has 0 aromatic carbocycles. The van der Waals surface area contributed by atoms with Crippen LogP contribution in [0.4, 0.5) is 0 Å². The summed E-state index contributed by atoms with van der Waals surface area (Å²) in [5.41, 5.74) is 1.13. The maximum atomic E-state index is 5.29. The minimum atomic E-state index is 0.224. The molecule has 0 aliphatic rings. The molecule has 1 heterocycles. The molecule has 0 saturated carbocycles. The Hall–Kier alpha value is -0.940. The lowest BCUT2D eigenvalue weighted by Crippen LogP contribution is -2.24. The summed E-state index contributed by atoms with van der Waals surface area (Å²) in [5.74, 6) is 0. The Kier molecular flexibility index (Phi) is 5.42. The van der Waals surface area contributed by atoms with Crippen LogP contribution in [0, 0.1) is 0 Å². The highest BCUT2D eigenvalue weighted by atomic mass is 16.5. The van der Waals surface area contributed by atoms with Gasteiger partial charge in [0.2, 0.25) is 0 Å². The molecule has 2 unspecified atom stereocenters. The molecule has 1 rings (SSSR count). The second-order valence-corrected chi connectivity index (χ2v) is 4.01. The van der Waals surface area contributed by atoms with E-state index >= 15 is 0 Å². The van der Waals surface area contributed by atoms with Crippen LogP contribution in [0.1, 0.15) is 38.4 Å². The minimum absolute atomic E-state index is 0.224. The highest BCUT2D eigenvalue weighted by Crippen LogP contribution is 2.18. The first-order valence-corrected chi connectivity index (χ1v) is 5.81. The largest absolute Gasteiger partial charge is 0.382 e. The van der Waals surface area contributed by atoms with Gasteiger partial charge in [0.25, 0.3) is 0 Å². The molecule has 0 saturated heterocycles. The lowest BCUT2D eigenvalue weighted by molar-refractivity contribution is 0.100. The molecule has 0 aliphatic heterocycles. The first-order valence-electron chi connectivity index (χ1n) is 5.81. The number of ether oxygens (including phenoxy) is 1. The Morgan fingerprint density at radius 1 is 1.56 bits per heavy atom. The number of rotatable bonds is 7. The fourth-order valence-corrected chi connectivity index (χ4v) is 1.74. The van der Waals surface area contributed by atoms with Crippen molar-refractivity contribution in [2.45, 2.75) is 45.4 Å². The molecule has 0 fully saturated rings. The Morgan fingerprint density at radius 3 is 2.88 bits per heavy atom. The molecule has 2 atom stereocenters. The van der Waals surface area contributed by atoms with Gasteiger partial charge in [0.15, 0.2) is 0 Å². The Bertz CT molecular complexity index is 300. The van der Waals surface area contributed by atoms with Gasteiger partial charge in [-0.2, -0.15) is 0 Å². The van der Waals surface area contributed by atoms with Gasteiger partial charge < -0.3 is 10.1 Å². The summed E-state index contributed by atoms with van der Waals surface area (Å²) < 4.78 is 7.25. The van der Waals surface area contributed by atoms with Gasteiger partial charge in [-0.15, -0.1) is 5.10 Å². The molecule has 5 nitrogen and oxygen atoms in total. The first kappa shape index (κ1) is 13.1. The molecular formula is C11H22N4O. The van der Waals surface area contributed by atoms with E-state index in [4.69, 9.17) is 4.74 Å². The molecule has 1 aromatic rings. The Morgan fingerprint density at radius 2 is 2.31 bits per heavy atom. The van der Waals surface area contributed by atoms with Crippen LogP contribution in [-0.2, 0) is 11.3 Å². The average molecular weight is 226 g/mol. The zero-order valence-electron chi connectivity index (χ0n) is 10.6. The second-order valence-electron chi connectivity index (χ2n) is 4.01. The van der Waals surface area contributed by atoms with Crippen molar-refractivity contribution >= 4 is 0 Å². The lowest BCUT2D eigenvalue weighted by Gasteiger charge is -2.20. The molecule has 16 heavy (non-hydrogen) atoms. The molecule has 1 aromatic heterocycles. The standard InChI is InChI=1S/C11H22N4O/c1-5-6-15-11(8-13-14-15)10(12-3)7-9(2)16-4/h8-10,12H,5-7H2,1-4H3. The number of nitrogens with zero attached hydrogens (tertiary/aromatic N) is 3. The van der Waals surface area contributed by atoms with Crippen molar-refractivity contribution < 1.29 is 4.74 Å². The summed E-state index contributed by atoms with van der Waals surface area (Å²) >= 11 is 0. The topological polar surface area (TPSA) is 52.0 Å². The van der Waals surface area contributed by atoms with E-state index in [1.54, 1.807) is 7.11 Å². The quantitative estimate of drug-likeness (QED) is 0.763. The number of methoxy groups -OCH3 is 1. The maximum absolute atomic E-state index is 5.29. The summed E-state index contributed by atoms with van der Waals surface area (Å²) in [7, 11) is 3.69. The van der Waals surface area contributed by atoms with Gasteiger partial charge >= 0.3 is 0 Å². The third-order valence-electron chi connectivity index (χ3n) is 2.76. The van der Waals surface area contributed by atoms with E-state index in [-0.39, 0.29) is 12.1 Å². The van der Waals surface area contributed by atoms with Crippen molar-refractivity contribution in [1.82, 2.24) is 20.3 Å². The number of aryl methyl sites for hydroxylation is 1. The van der Waals surface area contributed by atoms with Crippen LogP contribution < -0.4 is 5.32 Å². The smallest absolute Gasteiger partial charge is 0.0757 e. The molecule has 0 spiro atoms. The van der Waals surface area contributed by atoms with Crippen LogP contribution in [0.25, 0.3) is 0 Å². The minimum Gasteiger partial charge on any atom is -0.382 e. The van der Waals surface area contributed by atoms with Crippen LogP contribution in [0.3, 0.4) is 0 Å². The van der Waals surface area contributed by atoms with E-state index in [1.807, 2.05) is 17.9 Å². The van der Waals surface area contributed by atoms with Gasteiger partial charge in [-0.3, -0.25) is 0 Å². The van der Waals surface area contributed by atoms with Crippen molar-refractivity contribution in [3.05, 3.63) is 11.9 Å². The van der Waals surface area contributed by atoms with Crippen molar-refractivity contribution in [3.8, 4) is 0 Å². The third-order valence-corrected chi connectivity index (χ3v) is 2.76. The number of hydrogen-bond acceptors (Lipinski definition) is 4. The SMILES string of the molecule is CCCn1nncc1C(CC(C)OC)NC. The van der Waals surface area contributed by atoms with E-state index in [9.17, 15) is 0 Å². The summed E-state index contributed by atoms with van der Waals surface area (Å²) in [4.78, 5) is 0. The molecule has 1 N–H and O–H groups in total. The summed E-state index contributed by atoms with van der Waals surface area (Å²) in [6, 6.07) is 0.247. The van der Waals surface area contributed by atoms with Crippen molar-refractivity contribution in [3.63, 3.8) is 0 Å². The van der Waals surface area contributed by atoms with Crippen LogP contribution in [0.2, 0.25) is 0 Å². The van der Waals surface area contributed by atoms with Gasteiger partial charge in [-0.05, 0) is 26.8 Å². The van der Waals surface area contributed by atoms with Crippen molar-refractivity contribution in [2.75, 3.05) is 14.2 Å². The van der Waals surface area contributed by atoms with E-state index in [1.165, 1.54) is 0 Å². The highest BCUT2D eigenvalue weighted by Gasteiger charge is 2.17. The van der Waals surface area contributed by atoms with Gasteiger partial charge in [0.05, 0.1) is 24.0 Å². The van der Waals surface area contributed by atoms with E-state index in [2.05, 4.69) is 29.5 Å². The predicted octanol–water partition coefficient (Wildman–Crippen LogP) is 1.37. The monoisotopic (exact) mass is 226 g/mol. The lowest BCUT2D eigenvalue weighted by atomic mass is 10.1. The first-order chi connectivity index (χ1) is 7.72. The van der Waals surface area contributed by atoms with E-state index in [0.29, 0.717) is 0 Å². The van der Waals surface area contributed by atoms with E-state index < -0.39 is 0 Å². The maximum Gasteiger partial charge on any atom is 0.0757 e. The Balaban J connectivity index is 2.73. The summed E-state index contributed by atoms with van der Waals surface area (Å²) in [6.45, 7) is 5.12. The van der Waals surface area contributed by atoms with Gasteiger partial charge in [-0.25, -0.2) is 4.68 Å². The zero-order valence-corrected chi connectivity index (χ0v) is 10.6. The van der Waals surface area contributed by atoms with Crippen molar-refractivity contribution in [1.29, 1.82) is 0 Å². The van der Waals surface area contributed by atoms with Crippen LogP contribution >= 0.6 is 0 Å². The normalized spacial score (nSPS) is 15.0. The Labute approximate surface area is 97.2 Å². The number of nitrogens with one attached hydrogen (secondary N) is 1. The molecule has 0 amide bonds. The van der Waals surface area contributed by atoms with E-state index in [0.717, 1.165) is 25.1 Å². The van der Waals surface area contributed by atoms with Gasteiger partial charge in [0, 0.05) is 13.7 Å². The average Bonchev–Trinajstić information content (AvgIpc) is 2.74. The number of hydrogen-bond donors (Lipinski definition) is 1. The molecule has 0 bridgehead atoms. The molecule has 0 aliphatic carbocycles. The summed E-state index contributed by atoms with van der Waals surface area (Å²) in [6.07, 6.45) is 4.04. The van der Waals surface area contributed by atoms with Crippen molar-refractivity contribution in [2.24, 2.45) is 0 Å². The predicted molar refractivity (Wildman–Crippen MR) is 63.2 cm³/mol. The fraction of sp³-hybridized carbons (Fsp3) is 0.818. The van der Waals surface area contributed by atoms with Crippen LogP contribution in [0.5, 0.6) is 0 Å².